The van der Waals surface area contributed by atoms with Crippen molar-refractivity contribution in [1.29, 1.82) is 0 Å². The molecule has 170 valence electrons. The van der Waals surface area contributed by atoms with E-state index in [9.17, 15) is 4.55 Å². The summed E-state index contributed by atoms with van der Waals surface area (Å²) in [7, 11) is 3.35. The lowest BCUT2D eigenvalue weighted by molar-refractivity contribution is 0.406. The summed E-state index contributed by atoms with van der Waals surface area (Å²) in [6.07, 6.45) is 0.782. The van der Waals surface area contributed by atoms with Crippen molar-refractivity contribution in [2.24, 2.45) is 0 Å². The van der Waals surface area contributed by atoms with Crippen molar-refractivity contribution >= 4 is 11.4 Å². The Labute approximate surface area is 195 Å². The molecule has 3 aromatic carbocycles. The second-order valence-corrected chi connectivity index (χ2v) is 10.9. The van der Waals surface area contributed by atoms with Gasteiger partial charge >= 0.3 is 0 Å². The molecular formula is C27H33NO3S. The molecule has 0 aliphatic rings. The first-order valence-corrected chi connectivity index (χ1v) is 11.9. The summed E-state index contributed by atoms with van der Waals surface area (Å²) in [6, 6.07) is 22.4. The Bertz CT molecular complexity index is 1010. The Morgan fingerprint density at radius 2 is 1.50 bits per heavy atom. The summed E-state index contributed by atoms with van der Waals surface area (Å²) < 4.78 is 27.0. The smallest absolute Gasteiger partial charge is 0.136 e. The molecule has 0 aromatic heterocycles. The standard InChI is InChI=1S/C27H33NO3S/c1-19-7-12-22(13-8-19)26(28-32(29)27(2,3)4)24-18-21(11-16-25(24)31-6)17-20-9-14-23(30-5)15-10-20/h7-16,18,26,28H,17H2,1-6H3/t26-,32+/m1/s1. The number of ether oxygens (including phenoxy) is 2. The van der Waals surface area contributed by atoms with E-state index in [1.54, 1.807) is 14.2 Å². The number of benzene rings is 3. The second-order valence-electron chi connectivity index (χ2n) is 8.94. The molecule has 0 saturated heterocycles. The zero-order valence-corrected chi connectivity index (χ0v) is 20.6. The van der Waals surface area contributed by atoms with Crippen molar-refractivity contribution in [2.45, 2.75) is 44.9 Å². The monoisotopic (exact) mass is 451 g/mol. The van der Waals surface area contributed by atoms with Crippen LogP contribution in [-0.4, -0.2) is 23.5 Å². The lowest BCUT2D eigenvalue weighted by atomic mass is 9.94. The molecule has 3 rings (SSSR count). The first-order chi connectivity index (χ1) is 15.2. The van der Waals surface area contributed by atoms with Crippen molar-refractivity contribution in [3.8, 4) is 11.5 Å². The molecule has 3 aromatic rings. The van der Waals surface area contributed by atoms with Crippen molar-refractivity contribution in [1.82, 2.24) is 4.72 Å². The lowest BCUT2D eigenvalue weighted by Gasteiger charge is -2.29. The number of hydrogen-bond acceptors (Lipinski definition) is 4. The van der Waals surface area contributed by atoms with Gasteiger partial charge in [0.15, 0.2) is 0 Å². The number of nitrogens with one attached hydrogen (secondary N) is 1. The maximum atomic E-state index is 13.1. The summed E-state index contributed by atoms with van der Waals surface area (Å²) in [5.74, 6) is 1.62. The predicted molar refractivity (Wildman–Crippen MR) is 133 cm³/mol. The van der Waals surface area contributed by atoms with E-state index in [2.05, 4.69) is 60.2 Å². The van der Waals surface area contributed by atoms with E-state index >= 15 is 0 Å². The van der Waals surface area contributed by atoms with Gasteiger partial charge in [-0.3, -0.25) is 0 Å². The Kier molecular flexibility index (Phi) is 7.88. The van der Waals surface area contributed by atoms with Gasteiger partial charge in [-0.15, -0.1) is 4.72 Å². The highest BCUT2D eigenvalue weighted by Crippen LogP contribution is 2.34. The maximum Gasteiger partial charge on any atom is 0.136 e. The highest BCUT2D eigenvalue weighted by Gasteiger charge is 2.32. The zero-order chi connectivity index (χ0) is 23.3. The van der Waals surface area contributed by atoms with Gasteiger partial charge in [0.1, 0.15) is 22.3 Å². The molecule has 0 saturated carbocycles. The number of rotatable bonds is 8. The molecule has 32 heavy (non-hydrogen) atoms. The van der Waals surface area contributed by atoms with Gasteiger partial charge in [-0.1, -0.05) is 48.0 Å². The topological polar surface area (TPSA) is 53.5 Å². The molecule has 2 atom stereocenters. The Balaban J connectivity index is 2.00. The van der Waals surface area contributed by atoms with Gasteiger partial charge in [0, 0.05) is 16.9 Å². The van der Waals surface area contributed by atoms with E-state index in [1.807, 2.05) is 39.0 Å². The lowest BCUT2D eigenvalue weighted by Crippen LogP contribution is -2.41. The molecule has 0 aliphatic heterocycles. The van der Waals surface area contributed by atoms with Crippen LogP contribution in [-0.2, 0) is 17.8 Å². The van der Waals surface area contributed by atoms with Crippen LogP contribution < -0.4 is 14.2 Å². The normalized spacial score (nSPS) is 13.5. The molecule has 0 heterocycles. The molecule has 5 heteroatoms. The molecule has 0 radical (unpaired) electrons. The van der Waals surface area contributed by atoms with Crippen LogP contribution in [0.4, 0.5) is 0 Å². The van der Waals surface area contributed by atoms with E-state index < -0.39 is 16.1 Å². The minimum Gasteiger partial charge on any atom is -0.598 e. The van der Waals surface area contributed by atoms with Gasteiger partial charge in [-0.05, 0) is 75.1 Å². The summed E-state index contributed by atoms with van der Waals surface area (Å²) in [5, 5.41) is 0. The Morgan fingerprint density at radius 3 is 2.06 bits per heavy atom. The van der Waals surface area contributed by atoms with E-state index in [-0.39, 0.29) is 6.04 Å². The number of methoxy groups -OCH3 is 2. The minimum absolute atomic E-state index is 0.263. The van der Waals surface area contributed by atoms with Crippen LogP contribution in [0.1, 0.15) is 54.6 Å². The first kappa shape index (κ1) is 24.2. The summed E-state index contributed by atoms with van der Waals surface area (Å²) in [5.41, 5.74) is 5.56. The summed E-state index contributed by atoms with van der Waals surface area (Å²) >= 11 is -1.25. The SMILES string of the molecule is COc1ccc(Cc2ccc(OC)c([C@H](N[S@@+]([O-])C(C)(C)C)c3ccc(C)cc3)c2)cc1. The third-order valence-corrected chi connectivity index (χ3v) is 6.93. The molecule has 4 nitrogen and oxygen atoms in total. The average Bonchev–Trinajstić information content (AvgIpc) is 2.78. The molecule has 0 bridgehead atoms. The third-order valence-electron chi connectivity index (χ3n) is 5.36. The second kappa shape index (κ2) is 10.4. The maximum absolute atomic E-state index is 13.1. The molecule has 0 unspecified atom stereocenters. The number of aryl methyl sites for hydroxylation is 1. The van der Waals surface area contributed by atoms with E-state index in [0.717, 1.165) is 34.6 Å². The van der Waals surface area contributed by atoms with Crippen LogP contribution in [0.5, 0.6) is 11.5 Å². The van der Waals surface area contributed by atoms with Crippen LogP contribution in [0.3, 0.4) is 0 Å². The highest BCUT2D eigenvalue weighted by molar-refractivity contribution is 7.90. The third kappa shape index (κ3) is 6.06. The van der Waals surface area contributed by atoms with E-state index in [1.165, 1.54) is 11.1 Å². The van der Waals surface area contributed by atoms with Crippen molar-refractivity contribution in [2.75, 3.05) is 14.2 Å². The summed E-state index contributed by atoms with van der Waals surface area (Å²) in [4.78, 5) is 0. The first-order valence-electron chi connectivity index (χ1n) is 10.8. The van der Waals surface area contributed by atoms with Crippen LogP contribution in [0.25, 0.3) is 0 Å². The van der Waals surface area contributed by atoms with Gasteiger partial charge in [0.2, 0.25) is 0 Å². The minimum atomic E-state index is -1.25. The van der Waals surface area contributed by atoms with Gasteiger partial charge < -0.3 is 14.0 Å². The largest absolute Gasteiger partial charge is 0.598 e. The van der Waals surface area contributed by atoms with E-state index in [4.69, 9.17) is 9.47 Å². The summed E-state index contributed by atoms with van der Waals surface area (Å²) in [6.45, 7) is 7.98. The van der Waals surface area contributed by atoms with Crippen molar-refractivity contribution in [3.05, 3.63) is 94.5 Å². The Morgan fingerprint density at radius 1 is 0.875 bits per heavy atom. The van der Waals surface area contributed by atoms with Crippen LogP contribution >= 0.6 is 0 Å². The van der Waals surface area contributed by atoms with E-state index in [0.29, 0.717) is 0 Å². The van der Waals surface area contributed by atoms with Gasteiger partial charge in [-0.2, -0.15) is 0 Å². The van der Waals surface area contributed by atoms with Gasteiger partial charge in [0.25, 0.3) is 0 Å². The molecule has 0 amide bonds. The van der Waals surface area contributed by atoms with Gasteiger partial charge in [0.05, 0.1) is 14.2 Å². The van der Waals surface area contributed by atoms with Crippen LogP contribution in [0, 0.1) is 6.92 Å². The molecule has 0 aliphatic carbocycles. The van der Waals surface area contributed by atoms with Crippen molar-refractivity contribution < 1.29 is 14.0 Å². The molecule has 0 spiro atoms. The fraction of sp³-hybridized carbons (Fsp3) is 0.333. The Hall–Kier alpha value is -2.47. The molecular weight excluding hydrogens is 418 g/mol. The van der Waals surface area contributed by atoms with Crippen LogP contribution in [0.15, 0.2) is 66.7 Å². The van der Waals surface area contributed by atoms with Gasteiger partial charge in [-0.25, -0.2) is 0 Å². The molecule has 0 fully saturated rings. The predicted octanol–water partition coefficient (Wildman–Crippen LogP) is 5.74. The molecule has 1 N–H and O–H groups in total. The van der Waals surface area contributed by atoms with Crippen LogP contribution in [0.2, 0.25) is 0 Å². The number of hydrogen-bond donors (Lipinski definition) is 1. The highest BCUT2D eigenvalue weighted by atomic mass is 32.2. The fourth-order valence-corrected chi connectivity index (χ4v) is 4.28. The van der Waals surface area contributed by atoms with Crippen molar-refractivity contribution in [3.63, 3.8) is 0 Å². The average molecular weight is 452 g/mol. The fourth-order valence-electron chi connectivity index (χ4n) is 3.45. The zero-order valence-electron chi connectivity index (χ0n) is 19.8. The quantitative estimate of drug-likeness (QED) is 0.444.